The summed E-state index contributed by atoms with van der Waals surface area (Å²) in [7, 11) is 0. The van der Waals surface area contributed by atoms with Gasteiger partial charge in [-0.1, -0.05) is 11.6 Å². The molecule has 0 unspecified atom stereocenters. The van der Waals surface area contributed by atoms with Crippen LogP contribution in [0.3, 0.4) is 0 Å². The highest BCUT2D eigenvalue weighted by Crippen LogP contribution is 2.28. The van der Waals surface area contributed by atoms with Gasteiger partial charge in [-0.2, -0.15) is 0 Å². The number of anilines is 1. The Hall–Kier alpha value is -2.12. The van der Waals surface area contributed by atoms with E-state index in [1.165, 1.54) is 42.1 Å². The van der Waals surface area contributed by atoms with E-state index in [1.54, 1.807) is 6.26 Å². The van der Waals surface area contributed by atoms with Gasteiger partial charge in [-0.05, 0) is 36.6 Å². The smallest absolute Gasteiger partial charge is 0.283 e. The Morgan fingerprint density at radius 1 is 1.32 bits per heavy atom. The van der Waals surface area contributed by atoms with Crippen LogP contribution in [-0.2, 0) is 0 Å². The van der Waals surface area contributed by atoms with E-state index in [0.29, 0.717) is 4.90 Å². The molecular formula is C14H10ClFN2O3S. The molecule has 1 amide bonds. The fourth-order valence-electron chi connectivity index (χ4n) is 1.75. The summed E-state index contributed by atoms with van der Waals surface area (Å²) >= 11 is 6.77. The number of nitro benzene ring substituents is 1. The maximum Gasteiger partial charge on any atom is 0.283 e. The maximum absolute atomic E-state index is 13.3. The molecule has 0 heterocycles. The van der Waals surface area contributed by atoms with Crippen LogP contribution in [0.1, 0.15) is 10.4 Å². The highest BCUT2D eigenvalue weighted by molar-refractivity contribution is 7.98. The molecule has 114 valence electrons. The number of halogens is 2. The predicted octanol–water partition coefficient (Wildman–Crippen LogP) is 4.36. The average molecular weight is 341 g/mol. The minimum atomic E-state index is -0.664. The molecule has 0 saturated heterocycles. The highest BCUT2D eigenvalue weighted by atomic mass is 35.5. The topological polar surface area (TPSA) is 72.2 Å². The Bertz CT molecular complexity index is 755. The van der Waals surface area contributed by atoms with E-state index in [2.05, 4.69) is 5.32 Å². The van der Waals surface area contributed by atoms with E-state index in [4.69, 9.17) is 11.6 Å². The lowest BCUT2D eigenvalue weighted by Gasteiger charge is -2.07. The summed E-state index contributed by atoms with van der Waals surface area (Å²) in [6, 6.07) is 7.98. The standard InChI is InChI=1S/C14H10ClFN2O3S/c1-22-13-5-2-8(6-12(13)18(20)21)14(19)17-9-3-4-10(15)11(16)7-9/h2-7H,1H3,(H,17,19). The molecule has 2 rings (SSSR count). The largest absolute Gasteiger partial charge is 0.322 e. The van der Waals surface area contributed by atoms with Crippen LogP contribution in [0.4, 0.5) is 15.8 Å². The molecule has 0 aliphatic carbocycles. The van der Waals surface area contributed by atoms with Crippen molar-refractivity contribution in [3.8, 4) is 0 Å². The zero-order valence-electron chi connectivity index (χ0n) is 11.3. The molecule has 22 heavy (non-hydrogen) atoms. The Morgan fingerprint density at radius 2 is 2.05 bits per heavy atom. The van der Waals surface area contributed by atoms with E-state index in [0.717, 1.165) is 6.07 Å². The Labute approximate surface area is 134 Å². The third kappa shape index (κ3) is 3.55. The molecule has 2 aromatic rings. The van der Waals surface area contributed by atoms with Crippen molar-refractivity contribution in [1.29, 1.82) is 0 Å². The van der Waals surface area contributed by atoms with Gasteiger partial charge in [0.2, 0.25) is 0 Å². The fraction of sp³-hybridized carbons (Fsp3) is 0.0714. The van der Waals surface area contributed by atoms with Crippen LogP contribution in [0.25, 0.3) is 0 Å². The number of amides is 1. The molecule has 0 spiro atoms. The highest BCUT2D eigenvalue weighted by Gasteiger charge is 2.17. The third-order valence-electron chi connectivity index (χ3n) is 2.82. The average Bonchev–Trinajstić information content (AvgIpc) is 2.50. The lowest BCUT2D eigenvalue weighted by Crippen LogP contribution is -2.12. The second-order valence-corrected chi connectivity index (χ2v) is 5.48. The minimum Gasteiger partial charge on any atom is -0.322 e. The van der Waals surface area contributed by atoms with Gasteiger partial charge in [-0.3, -0.25) is 14.9 Å². The van der Waals surface area contributed by atoms with Gasteiger partial charge in [0.05, 0.1) is 14.8 Å². The molecule has 0 fully saturated rings. The monoisotopic (exact) mass is 340 g/mol. The number of benzene rings is 2. The van der Waals surface area contributed by atoms with Crippen molar-refractivity contribution in [3.63, 3.8) is 0 Å². The Morgan fingerprint density at radius 3 is 2.64 bits per heavy atom. The predicted molar refractivity (Wildman–Crippen MR) is 84.2 cm³/mol. The Kier molecular flexibility index (Phi) is 4.99. The third-order valence-corrected chi connectivity index (χ3v) is 3.91. The lowest BCUT2D eigenvalue weighted by molar-refractivity contribution is -0.387. The van der Waals surface area contributed by atoms with Crippen LogP contribution < -0.4 is 5.32 Å². The number of carbonyl (C=O) groups is 1. The number of carbonyl (C=O) groups excluding carboxylic acids is 1. The molecule has 2 aromatic carbocycles. The van der Waals surface area contributed by atoms with Crippen molar-refractivity contribution in [2.45, 2.75) is 4.90 Å². The lowest BCUT2D eigenvalue weighted by atomic mass is 10.2. The van der Waals surface area contributed by atoms with E-state index in [-0.39, 0.29) is 22.0 Å². The number of nitrogens with zero attached hydrogens (tertiary/aromatic N) is 1. The minimum absolute atomic E-state index is 0.0574. The van der Waals surface area contributed by atoms with E-state index in [9.17, 15) is 19.3 Å². The van der Waals surface area contributed by atoms with Crippen molar-refractivity contribution in [3.05, 3.63) is 62.9 Å². The van der Waals surface area contributed by atoms with Gasteiger partial charge in [-0.25, -0.2) is 4.39 Å². The number of thioether (sulfide) groups is 1. The zero-order chi connectivity index (χ0) is 16.3. The van der Waals surface area contributed by atoms with Gasteiger partial charge in [0, 0.05) is 17.3 Å². The van der Waals surface area contributed by atoms with Crippen molar-refractivity contribution in [2.75, 3.05) is 11.6 Å². The normalized spacial score (nSPS) is 10.3. The van der Waals surface area contributed by atoms with Gasteiger partial charge in [-0.15, -0.1) is 11.8 Å². The van der Waals surface area contributed by atoms with E-state index in [1.807, 2.05) is 0 Å². The fourth-order valence-corrected chi connectivity index (χ4v) is 2.42. The summed E-state index contributed by atoms with van der Waals surface area (Å²) in [6.45, 7) is 0. The van der Waals surface area contributed by atoms with E-state index >= 15 is 0 Å². The van der Waals surface area contributed by atoms with Crippen LogP contribution in [0.2, 0.25) is 5.02 Å². The maximum atomic E-state index is 13.3. The van der Waals surface area contributed by atoms with Gasteiger partial charge in [0.25, 0.3) is 11.6 Å². The van der Waals surface area contributed by atoms with Crippen LogP contribution in [-0.4, -0.2) is 17.1 Å². The molecule has 0 aliphatic heterocycles. The summed E-state index contributed by atoms with van der Waals surface area (Å²) < 4.78 is 13.3. The Balaban J connectivity index is 2.27. The SMILES string of the molecule is CSc1ccc(C(=O)Nc2ccc(Cl)c(F)c2)cc1[N+](=O)[O-]. The summed E-state index contributed by atoms with van der Waals surface area (Å²) in [5, 5.41) is 13.4. The second-order valence-electron chi connectivity index (χ2n) is 4.23. The molecule has 0 bridgehead atoms. The first-order chi connectivity index (χ1) is 10.4. The number of nitro groups is 1. The van der Waals surface area contributed by atoms with Crippen molar-refractivity contribution in [1.82, 2.24) is 0 Å². The second kappa shape index (κ2) is 6.76. The first-order valence-corrected chi connectivity index (χ1v) is 7.61. The number of hydrogen-bond donors (Lipinski definition) is 1. The number of nitrogens with one attached hydrogen (secondary N) is 1. The van der Waals surface area contributed by atoms with Gasteiger partial charge in [0.1, 0.15) is 5.82 Å². The van der Waals surface area contributed by atoms with Gasteiger partial charge in [0.15, 0.2) is 0 Å². The molecule has 0 saturated carbocycles. The molecule has 1 N–H and O–H groups in total. The molecule has 5 nitrogen and oxygen atoms in total. The van der Waals surface area contributed by atoms with Crippen molar-refractivity contribution < 1.29 is 14.1 Å². The summed E-state index contributed by atoms with van der Waals surface area (Å²) in [6.07, 6.45) is 1.71. The van der Waals surface area contributed by atoms with Crippen LogP contribution in [0.15, 0.2) is 41.3 Å². The molecular weight excluding hydrogens is 331 g/mol. The first kappa shape index (κ1) is 16.3. The van der Waals surface area contributed by atoms with Crippen LogP contribution >= 0.6 is 23.4 Å². The summed E-state index contributed by atoms with van der Waals surface area (Å²) in [5.41, 5.74) is 0.172. The molecule has 0 radical (unpaired) electrons. The molecule has 0 aliphatic rings. The van der Waals surface area contributed by atoms with Crippen LogP contribution in [0.5, 0.6) is 0 Å². The van der Waals surface area contributed by atoms with Crippen molar-refractivity contribution >= 4 is 40.6 Å². The number of hydrogen-bond acceptors (Lipinski definition) is 4. The van der Waals surface area contributed by atoms with E-state index < -0.39 is 16.6 Å². The molecule has 0 aromatic heterocycles. The van der Waals surface area contributed by atoms with Crippen LogP contribution in [0, 0.1) is 15.9 Å². The zero-order valence-corrected chi connectivity index (χ0v) is 12.9. The van der Waals surface area contributed by atoms with Crippen molar-refractivity contribution in [2.24, 2.45) is 0 Å². The molecule has 8 heteroatoms. The molecule has 0 atom stereocenters. The first-order valence-electron chi connectivity index (χ1n) is 6.01. The quantitative estimate of drug-likeness (QED) is 0.510. The van der Waals surface area contributed by atoms with Gasteiger partial charge < -0.3 is 5.32 Å². The summed E-state index contributed by atoms with van der Waals surface area (Å²) in [5.74, 6) is -1.24. The summed E-state index contributed by atoms with van der Waals surface area (Å²) in [4.78, 5) is 23.0. The van der Waals surface area contributed by atoms with Gasteiger partial charge >= 0.3 is 0 Å². The number of rotatable bonds is 4.